The first kappa shape index (κ1) is 12.6. The Kier molecular flexibility index (Phi) is 3.66. The molecule has 0 unspecified atom stereocenters. The van der Waals surface area contributed by atoms with Crippen LogP contribution in [-0.4, -0.2) is 22.3 Å². The molecule has 2 heterocycles. The molecule has 0 amide bonds. The minimum Gasteiger partial charge on any atom is -0.322 e. The van der Waals surface area contributed by atoms with Gasteiger partial charge in [-0.05, 0) is 23.8 Å². The lowest BCUT2D eigenvalue weighted by Crippen LogP contribution is -2.28. The third-order valence-corrected chi connectivity index (χ3v) is 2.35. The number of alkyl halides is 3. The standard InChI is InChI=1S/C12H12F3N3/c13-12(14,15)9-17-6-10-3-5-18(8-10)11-2-1-4-16-7-11/h1-5,7-8,17H,6,9H2. The Hall–Kier alpha value is -1.82. The van der Waals surface area contributed by atoms with Gasteiger partial charge in [0.05, 0.1) is 18.4 Å². The van der Waals surface area contributed by atoms with Crippen LogP contribution in [0, 0.1) is 0 Å². The van der Waals surface area contributed by atoms with E-state index in [9.17, 15) is 13.2 Å². The molecule has 3 nitrogen and oxygen atoms in total. The highest BCUT2D eigenvalue weighted by molar-refractivity contribution is 5.30. The smallest absolute Gasteiger partial charge is 0.322 e. The molecule has 0 saturated carbocycles. The predicted molar refractivity (Wildman–Crippen MR) is 61.3 cm³/mol. The van der Waals surface area contributed by atoms with Gasteiger partial charge in [0.2, 0.25) is 0 Å². The second kappa shape index (κ2) is 5.22. The van der Waals surface area contributed by atoms with E-state index in [2.05, 4.69) is 10.3 Å². The van der Waals surface area contributed by atoms with E-state index in [1.165, 1.54) is 0 Å². The first-order valence-corrected chi connectivity index (χ1v) is 5.39. The van der Waals surface area contributed by atoms with Crippen LogP contribution in [0.4, 0.5) is 13.2 Å². The topological polar surface area (TPSA) is 29.9 Å². The molecule has 0 bridgehead atoms. The SMILES string of the molecule is FC(F)(F)CNCc1ccn(-c2cccnc2)c1. The van der Waals surface area contributed by atoms with Crippen molar-refractivity contribution >= 4 is 0 Å². The first-order valence-electron chi connectivity index (χ1n) is 5.39. The summed E-state index contributed by atoms with van der Waals surface area (Å²) in [6.07, 6.45) is 2.75. The molecule has 0 atom stereocenters. The number of hydrogen-bond donors (Lipinski definition) is 1. The van der Waals surface area contributed by atoms with E-state index < -0.39 is 12.7 Å². The molecule has 18 heavy (non-hydrogen) atoms. The number of aromatic nitrogens is 2. The van der Waals surface area contributed by atoms with Gasteiger partial charge in [0.1, 0.15) is 0 Å². The normalized spacial score (nSPS) is 11.7. The van der Waals surface area contributed by atoms with Crippen LogP contribution < -0.4 is 5.32 Å². The lowest BCUT2D eigenvalue weighted by molar-refractivity contribution is -0.125. The van der Waals surface area contributed by atoms with Crippen LogP contribution in [0.2, 0.25) is 0 Å². The Bertz CT molecular complexity index is 491. The van der Waals surface area contributed by atoms with Gasteiger partial charge in [0, 0.05) is 25.1 Å². The van der Waals surface area contributed by atoms with Crippen molar-refractivity contribution < 1.29 is 13.2 Å². The van der Waals surface area contributed by atoms with E-state index in [0.29, 0.717) is 0 Å². The van der Waals surface area contributed by atoms with Crippen LogP contribution in [0.1, 0.15) is 5.56 Å². The Morgan fingerprint density at radius 1 is 1.28 bits per heavy atom. The van der Waals surface area contributed by atoms with Crippen molar-refractivity contribution in [2.24, 2.45) is 0 Å². The van der Waals surface area contributed by atoms with Crippen LogP contribution in [0.15, 0.2) is 43.0 Å². The van der Waals surface area contributed by atoms with Gasteiger partial charge in [-0.3, -0.25) is 4.98 Å². The maximum Gasteiger partial charge on any atom is 0.401 e. The summed E-state index contributed by atoms with van der Waals surface area (Å²) in [4.78, 5) is 3.98. The zero-order valence-corrected chi connectivity index (χ0v) is 9.48. The number of nitrogens with zero attached hydrogens (tertiary/aromatic N) is 2. The average Bonchev–Trinajstić information content (AvgIpc) is 2.77. The lowest BCUT2D eigenvalue weighted by atomic mass is 10.3. The summed E-state index contributed by atoms with van der Waals surface area (Å²) >= 11 is 0. The summed E-state index contributed by atoms with van der Waals surface area (Å²) < 4.78 is 37.7. The molecule has 0 aliphatic carbocycles. The molecule has 0 aliphatic rings. The van der Waals surface area contributed by atoms with Crippen LogP contribution >= 0.6 is 0 Å². The zero-order chi connectivity index (χ0) is 13.0. The molecule has 0 aromatic carbocycles. The number of pyridine rings is 1. The summed E-state index contributed by atoms with van der Waals surface area (Å²) in [5.74, 6) is 0. The maximum absolute atomic E-state index is 12.0. The molecular formula is C12H12F3N3. The largest absolute Gasteiger partial charge is 0.401 e. The summed E-state index contributed by atoms with van der Waals surface area (Å²) in [7, 11) is 0. The van der Waals surface area contributed by atoms with E-state index >= 15 is 0 Å². The zero-order valence-electron chi connectivity index (χ0n) is 9.48. The first-order chi connectivity index (χ1) is 8.54. The molecule has 0 radical (unpaired) electrons. The highest BCUT2D eigenvalue weighted by Crippen LogP contribution is 2.13. The van der Waals surface area contributed by atoms with Crippen molar-refractivity contribution in [2.45, 2.75) is 12.7 Å². The third-order valence-electron chi connectivity index (χ3n) is 2.35. The Balaban J connectivity index is 1.95. The average molecular weight is 255 g/mol. The summed E-state index contributed by atoms with van der Waals surface area (Å²) in [6.45, 7) is -0.794. The fourth-order valence-corrected chi connectivity index (χ4v) is 1.56. The fraction of sp³-hybridized carbons (Fsp3) is 0.250. The van der Waals surface area contributed by atoms with Crippen LogP contribution in [-0.2, 0) is 6.54 Å². The lowest BCUT2D eigenvalue weighted by Gasteiger charge is -2.06. The predicted octanol–water partition coefficient (Wildman–Crippen LogP) is 2.52. The van der Waals surface area contributed by atoms with Gasteiger partial charge in [-0.15, -0.1) is 0 Å². The number of halogens is 3. The van der Waals surface area contributed by atoms with Crippen LogP contribution in [0.25, 0.3) is 5.69 Å². The van der Waals surface area contributed by atoms with Gasteiger partial charge in [-0.25, -0.2) is 0 Å². The minimum absolute atomic E-state index is 0.187. The molecule has 2 rings (SSSR count). The van der Waals surface area contributed by atoms with Crippen LogP contribution in [0.3, 0.4) is 0 Å². The minimum atomic E-state index is -4.17. The van der Waals surface area contributed by atoms with E-state index in [4.69, 9.17) is 0 Å². The van der Waals surface area contributed by atoms with Gasteiger partial charge >= 0.3 is 6.18 Å². The fourth-order valence-electron chi connectivity index (χ4n) is 1.56. The monoisotopic (exact) mass is 255 g/mol. The molecule has 0 saturated heterocycles. The quantitative estimate of drug-likeness (QED) is 0.909. The Morgan fingerprint density at radius 2 is 2.11 bits per heavy atom. The van der Waals surface area contributed by atoms with Gasteiger partial charge in [0.25, 0.3) is 0 Å². The molecule has 2 aromatic heterocycles. The van der Waals surface area contributed by atoms with Crippen molar-refractivity contribution in [2.75, 3.05) is 6.54 Å². The highest BCUT2D eigenvalue weighted by Gasteiger charge is 2.26. The molecule has 1 N–H and O–H groups in total. The van der Waals surface area contributed by atoms with Gasteiger partial charge in [-0.1, -0.05) is 0 Å². The van der Waals surface area contributed by atoms with E-state index in [1.54, 1.807) is 36.9 Å². The van der Waals surface area contributed by atoms with Crippen molar-refractivity contribution in [1.29, 1.82) is 0 Å². The van der Waals surface area contributed by atoms with Crippen molar-refractivity contribution in [1.82, 2.24) is 14.9 Å². The summed E-state index contributed by atoms with van der Waals surface area (Å²) in [6, 6.07) is 5.45. The molecule has 0 spiro atoms. The van der Waals surface area contributed by atoms with E-state index in [0.717, 1.165) is 11.3 Å². The molecule has 0 fully saturated rings. The number of hydrogen-bond acceptors (Lipinski definition) is 2. The summed E-state index contributed by atoms with van der Waals surface area (Å²) in [5, 5.41) is 2.35. The van der Waals surface area contributed by atoms with Gasteiger partial charge in [-0.2, -0.15) is 13.2 Å². The summed E-state index contributed by atoms with van der Waals surface area (Å²) in [5.41, 5.74) is 1.67. The van der Waals surface area contributed by atoms with Gasteiger partial charge < -0.3 is 9.88 Å². The van der Waals surface area contributed by atoms with Crippen molar-refractivity contribution in [3.8, 4) is 5.69 Å². The molecule has 96 valence electrons. The Morgan fingerprint density at radius 3 is 2.78 bits per heavy atom. The highest BCUT2D eigenvalue weighted by atomic mass is 19.4. The number of rotatable bonds is 4. The van der Waals surface area contributed by atoms with Crippen LogP contribution in [0.5, 0.6) is 0 Å². The van der Waals surface area contributed by atoms with E-state index in [1.807, 2.05) is 10.6 Å². The molecule has 0 aliphatic heterocycles. The second-order valence-corrected chi connectivity index (χ2v) is 3.86. The van der Waals surface area contributed by atoms with Gasteiger partial charge in [0.15, 0.2) is 0 Å². The Labute approximate surface area is 102 Å². The van der Waals surface area contributed by atoms with Crippen molar-refractivity contribution in [3.63, 3.8) is 0 Å². The van der Waals surface area contributed by atoms with E-state index in [-0.39, 0.29) is 6.54 Å². The molecule has 6 heteroatoms. The number of nitrogens with one attached hydrogen (secondary N) is 1. The molecule has 2 aromatic rings. The second-order valence-electron chi connectivity index (χ2n) is 3.86. The van der Waals surface area contributed by atoms with Crippen molar-refractivity contribution in [3.05, 3.63) is 48.5 Å². The molecular weight excluding hydrogens is 243 g/mol. The maximum atomic E-state index is 12.0. The third kappa shape index (κ3) is 3.59.